The molecule has 0 saturated carbocycles. The van der Waals surface area contributed by atoms with Crippen LogP contribution >= 0.6 is 0 Å². The summed E-state index contributed by atoms with van der Waals surface area (Å²) in [6.45, 7) is 3.00. The molecule has 2 heteroatoms. The zero-order valence-electron chi connectivity index (χ0n) is 9.38. The van der Waals surface area contributed by atoms with E-state index in [1.165, 1.54) is 17.6 Å². The Kier molecular flexibility index (Phi) is 5.20. The Bertz CT molecular complexity index is 196. The average molecular weight is 198 g/mol. The quantitative estimate of drug-likeness (QED) is 0.543. The van der Waals surface area contributed by atoms with E-state index in [0.717, 1.165) is 38.7 Å². The molecule has 0 heterocycles. The summed E-state index contributed by atoms with van der Waals surface area (Å²) in [5.41, 5.74) is 2.72. The van der Waals surface area contributed by atoms with Crippen molar-refractivity contribution < 1.29 is 9.84 Å². The SMILES string of the molecule is COCCCCC1=C(C)CCCC1O. The summed E-state index contributed by atoms with van der Waals surface area (Å²) in [4.78, 5) is 0. The van der Waals surface area contributed by atoms with Gasteiger partial charge in [0.15, 0.2) is 0 Å². The molecule has 1 N–H and O–H groups in total. The highest BCUT2D eigenvalue weighted by molar-refractivity contribution is 5.19. The Hall–Kier alpha value is -0.340. The molecule has 2 nitrogen and oxygen atoms in total. The fourth-order valence-corrected chi connectivity index (χ4v) is 2.12. The van der Waals surface area contributed by atoms with E-state index >= 15 is 0 Å². The first-order valence-electron chi connectivity index (χ1n) is 5.61. The van der Waals surface area contributed by atoms with Crippen LogP contribution in [0.2, 0.25) is 0 Å². The van der Waals surface area contributed by atoms with Gasteiger partial charge in [0.1, 0.15) is 0 Å². The number of ether oxygens (including phenoxy) is 1. The van der Waals surface area contributed by atoms with Crippen molar-refractivity contribution in [1.29, 1.82) is 0 Å². The van der Waals surface area contributed by atoms with Gasteiger partial charge in [0.05, 0.1) is 6.10 Å². The average Bonchev–Trinajstić information content (AvgIpc) is 2.16. The molecule has 0 saturated heterocycles. The van der Waals surface area contributed by atoms with Crippen LogP contribution in [0.5, 0.6) is 0 Å². The van der Waals surface area contributed by atoms with Crippen LogP contribution in [0.15, 0.2) is 11.1 Å². The standard InChI is InChI=1S/C12H22O2/c1-10-6-5-8-12(13)11(10)7-3-4-9-14-2/h12-13H,3-9H2,1-2H3. The molecule has 0 aromatic carbocycles. The minimum atomic E-state index is -0.161. The van der Waals surface area contributed by atoms with E-state index in [1.807, 2.05) is 0 Å². The monoisotopic (exact) mass is 198 g/mol. The van der Waals surface area contributed by atoms with E-state index in [1.54, 1.807) is 7.11 Å². The van der Waals surface area contributed by atoms with Gasteiger partial charge < -0.3 is 9.84 Å². The number of aliphatic hydroxyl groups is 1. The fraction of sp³-hybridized carbons (Fsp3) is 0.833. The maximum Gasteiger partial charge on any atom is 0.0752 e. The summed E-state index contributed by atoms with van der Waals surface area (Å²) in [6, 6.07) is 0. The molecule has 0 aliphatic heterocycles. The molecule has 0 fully saturated rings. The molecule has 1 unspecified atom stereocenters. The molecule has 0 bridgehead atoms. The number of allylic oxidation sites excluding steroid dienone is 1. The zero-order valence-corrected chi connectivity index (χ0v) is 9.38. The molecule has 1 atom stereocenters. The maximum absolute atomic E-state index is 9.81. The van der Waals surface area contributed by atoms with E-state index in [4.69, 9.17) is 4.74 Å². The third-order valence-corrected chi connectivity index (χ3v) is 3.02. The molecule has 1 aliphatic rings. The van der Waals surface area contributed by atoms with Crippen molar-refractivity contribution in [2.24, 2.45) is 0 Å². The minimum Gasteiger partial charge on any atom is -0.389 e. The summed E-state index contributed by atoms with van der Waals surface area (Å²) in [7, 11) is 1.74. The van der Waals surface area contributed by atoms with Crippen LogP contribution in [0.1, 0.15) is 45.4 Å². The number of unbranched alkanes of at least 4 members (excludes halogenated alkanes) is 1. The van der Waals surface area contributed by atoms with Gasteiger partial charge in [-0.05, 0) is 51.0 Å². The van der Waals surface area contributed by atoms with Crippen molar-refractivity contribution in [1.82, 2.24) is 0 Å². The number of aliphatic hydroxyl groups excluding tert-OH is 1. The van der Waals surface area contributed by atoms with E-state index in [2.05, 4.69) is 6.92 Å². The van der Waals surface area contributed by atoms with Gasteiger partial charge in [-0.25, -0.2) is 0 Å². The van der Waals surface area contributed by atoms with Gasteiger partial charge >= 0.3 is 0 Å². The summed E-state index contributed by atoms with van der Waals surface area (Å²) in [6.07, 6.45) is 6.40. The Morgan fingerprint density at radius 3 is 2.86 bits per heavy atom. The minimum absolute atomic E-state index is 0.161. The van der Waals surface area contributed by atoms with Crippen LogP contribution in [-0.2, 0) is 4.74 Å². The Morgan fingerprint density at radius 2 is 2.21 bits per heavy atom. The van der Waals surface area contributed by atoms with Crippen LogP contribution in [0.4, 0.5) is 0 Å². The third-order valence-electron chi connectivity index (χ3n) is 3.02. The van der Waals surface area contributed by atoms with Gasteiger partial charge in [0, 0.05) is 13.7 Å². The second kappa shape index (κ2) is 6.20. The second-order valence-corrected chi connectivity index (χ2v) is 4.16. The first-order valence-corrected chi connectivity index (χ1v) is 5.61. The Morgan fingerprint density at radius 1 is 1.43 bits per heavy atom. The predicted molar refractivity (Wildman–Crippen MR) is 58.3 cm³/mol. The first kappa shape index (κ1) is 11.7. The van der Waals surface area contributed by atoms with Crippen molar-refractivity contribution in [3.05, 3.63) is 11.1 Å². The molecule has 14 heavy (non-hydrogen) atoms. The normalized spacial score (nSPS) is 22.9. The van der Waals surface area contributed by atoms with Crippen molar-refractivity contribution in [2.45, 2.75) is 51.6 Å². The van der Waals surface area contributed by atoms with Crippen LogP contribution in [0.25, 0.3) is 0 Å². The smallest absolute Gasteiger partial charge is 0.0752 e. The van der Waals surface area contributed by atoms with Crippen LogP contribution in [-0.4, -0.2) is 24.9 Å². The zero-order chi connectivity index (χ0) is 10.4. The summed E-state index contributed by atoms with van der Waals surface area (Å²) < 4.78 is 5.01. The van der Waals surface area contributed by atoms with Gasteiger partial charge in [0.2, 0.25) is 0 Å². The van der Waals surface area contributed by atoms with Crippen molar-refractivity contribution in [3.8, 4) is 0 Å². The topological polar surface area (TPSA) is 29.5 Å². The first-order chi connectivity index (χ1) is 6.75. The number of rotatable bonds is 5. The lowest BCUT2D eigenvalue weighted by molar-refractivity contribution is 0.177. The van der Waals surface area contributed by atoms with E-state index in [9.17, 15) is 5.11 Å². The van der Waals surface area contributed by atoms with Crippen LogP contribution < -0.4 is 0 Å². The lowest BCUT2D eigenvalue weighted by Gasteiger charge is -2.23. The number of methoxy groups -OCH3 is 1. The van der Waals surface area contributed by atoms with Crippen LogP contribution in [0, 0.1) is 0 Å². The number of hydrogen-bond donors (Lipinski definition) is 1. The Labute approximate surface area is 87.0 Å². The molecule has 82 valence electrons. The Balaban J connectivity index is 2.33. The van der Waals surface area contributed by atoms with Gasteiger partial charge in [-0.15, -0.1) is 0 Å². The van der Waals surface area contributed by atoms with Gasteiger partial charge in [-0.1, -0.05) is 5.57 Å². The highest BCUT2D eigenvalue weighted by Crippen LogP contribution is 2.28. The molecule has 0 spiro atoms. The molecule has 0 aromatic heterocycles. The third kappa shape index (κ3) is 3.43. The predicted octanol–water partition coefficient (Wildman–Crippen LogP) is 2.66. The highest BCUT2D eigenvalue weighted by Gasteiger charge is 2.17. The summed E-state index contributed by atoms with van der Waals surface area (Å²) >= 11 is 0. The molecular weight excluding hydrogens is 176 g/mol. The van der Waals surface area contributed by atoms with Crippen molar-refractivity contribution in [2.75, 3.05) is 13.7 Å². The second-order valence-electron chi connectivity index (χ2n) is 4.16. The van der Waals surface area contributed by atoms with E-state index in [-0.39, 0.29) is 6.10 Å². The lowest BCUT2D eigenvalue weighted by Crippen LogP contribution is -2.16. The summed E-state index contributed by atoms with van der Waals surface area (Å²) in [5.74, 6) is 0. The van der Waals surface area contributed by atoms with Gasteiger partial charge in [-0.2, -0.15) is 0 Å². The molecular formula is C12H22O2. The molecule has 0 aromatic rings. The number of hydrogen-bond acceptors (Lipinski definition) is 2. The van der Waals surface area contributed by atoms with Crippen LogP contribution in [0.3, 0.4) is 0 Å². The fourth-order valence-electron chi connectivity index (χ4n) is 2.12. The maximum atomic E-state index is 9.81. The van der Waals surface area contributed by atoms with E-state index in [0.29, 0.717) is 0 Å². The largest absolute Gasteiger partial charge is 0.389 e. The molecule has 1 rings (SSSR count). The van der Waals surface area contributed by atoms with Gasteiger partial charge in [-0.3, -0.25) is 0 Å². The molecule has 0 amide bonds. The van der Waals surface area contributed by atoms with Crippen molar-refractivity contribution in [3.63, 3.8) is 0 Å². The summed E-state index contributed by atoms with van der Waals surface area (Å²) in [5, 5.41) is 9.81. The highest BCUT2D eigenvalue weighted by atomic mass is 16.5. The van der Waals surface area contributed by atoms with Gasteiger partial charge in [0.25, 0.3) is 0 Å². The lowest BCUT2D eigenvalue weighted by atomic mass is 9.87. The molecule has 1 aliphatic carbocycles. The van der Waals surface area contributed by atoms with E-state index < -0.39 is 0 Å². The van der Waals surface area contributed by atoms with Crippen molar-refractivity contribution >= 4 is 0 Å². The molecule has 0 radical (unpaired) electrons.